The molecule has 3 heterocycles. The van der Waals surface area contributed by atoms with Crippen LogP contribution in [0.5, 0.6) is 0 Å². The minimum Gasteiger partial charge on any atom is -0.384 e. The molecule has 0 spiro atoms. The smallest absolute Gasteiger partial charge is 0.262 e. The first-order chi connectivity index (χ1) is 12.2. The van der Waals surface area contributed by atoms with Gasteiger partial charge in [0, 0.05) is 23.6 Å². The predicted octanol–water partition coefficient (Wildman–Crippen LogP) is 0.923. The fourth-order valence-electron chi connectivity index (χ4n) is 3.60. The number of aromatic nitrogens is 1. The number of carbonyl (C=O) groups is 3. The Labute approximate surface area is 148 Å². The molecule has 0 saturated carbocycles. The number of nitrogen functional groups attached to an aromatic ring is 1. The van der Waals surface area contributed by atoms with Crippen molar-refractivity contribution < 1.29 is 14.4 Å². The average molecular weight is 352 g/mol. The van der Waals surface area contributed by atoms with Crippen molar-refractivity contribution in [1.29, 1.82) is 0 Å². The van der Waals surface area contributed by atoms with Gasteiger partial charge in [0.1, 0.15) is 5.82 Å². The van der Waals surface area contributed by atoms with Crippen LogP contribution >= 0.6 is 0 Å². The fraction of sp³-hybridized carbons (Fsp3) is 0.222. The van der Waals surface area contributed by atoms with E-state index in [0.717, 1.165) is 16.2 Å². The Morgan fingerprint density at radius 2 is 1.77 bits per heavy atom. The number of imide groups is 1. The van der Waals surface area contributed by atoms with E-state index in [2.05, 4.69) is 10.6 Å². The molecule has 132 valence electrons. The molecule has 0 bridgehead atoms. The summed E-state index contributed by atoms with van der Waals surface area (Å²) in [5, 5.41) is 4.93. The van der Waals surface area contributed by atoms with Crippen LogP contribution in [0.2, 0.25) is 0 Å². The number of hydrogen-bond acceptors (Lipinski definition) is 5. The van der Waals surface area contributed by atoms with Crippen LogP contribution in [-0.4, -0.2) is 22.3 Å². The molecule has 0 radical (unpaired) electrons. The molecule has 1 aromatic heterocycles. The van der Waals surface area contributed by atoms with Crippen LogP contribution in [0.15, 0.2) is 29.1 Å². The van der Waals surface area contributed by atoms with Gasteiger partial charge >= 0.3 is 0 Å². The number of carbonyl (C=O) groups excluding carboxylic acids is 3. The van der Waals surface area contributed by atoms with E-state index in [9.17, 15) is 19.2 Å². The van der Waals surface area contributed by atoms with Crippen LogP contribution in [0.1, 0.15) is 46.5 Å². The zero-order valence-corrected chi connectivity index (χ0v) is 14.2. The highest BCUT2D eigenvalue weighted by Crippen LogP contribution is 2.38. The average Bonchev–Trinajstić information content (AvgIpc) is 2.80. The van der Waals surface area contributed by atoms with Crippen molar-refractivity contribution in [2.75, 3.05) is 11.1 Å². The molecule has 0 aliphatic carbocycles. The topological polar surface area (TPSA) is 123 Å². The Balaban J connectivity index is 1.93. The van der Waals surface area contributed by atoms with E-state index in [4.69, 9.17) is 5.73 Å². The number of nitrogens with one attached hydrogen (secondary N) is 2. The number of nitrogens with zero attached hydrogens (tertiary/aromatic N) is 1. The number of fused-ring (bicyclic) bond motifs is 2. The third-order valence-electron chi connectivity index (χ3n) is 4.82. The van der Waals surface area contributed by atoms with Crippen molar-refractivity contribution in [3.63, 3.8) is 0 Å². The summed E-state index contributed by atoms with van der Waals surface area (Å²) >= 11 is 0. The maximum absolute atomic E-state index is 12.5. The van der Waals surface area contributed by atoms with Crippen molar-refractivity contribution >= 4 is 29.2 Å². The van der Waals surface area contributed by atoms with Gasteiger partial charge < -0.3 is 11.1 Å². The van der Waals surface area contributed by atoms with Crippen LogP contribution < -0.4 is 21.9 Å². The molecule has 0 unspecified atom stereocenters. The van der Waals surface area contributed by atoms with Crippen LogP contribution in [0, 0.1) is 0 Å². The Morgan fingerprint density at radius 3 is 2.50 bits per heavy atom. The van der Waals surface area contributed by atoms with Crippen molar-refractivity contribution in [2.24, 2.45) is 0 Å². The van der Waals surface area contributed by atoms with Crippen molar-refractivity contribution in [3.05, 3.63) is 51.3 Å². The summed E-state index contributed by atoms with van der Waals surface area (Å²) in [5.74, 6) is -1.50. The van der Waals surface area contributed by atoms with Crippen LogP contribution in [-0.2, 0) is 10.2 Å². The molecule has 26 heavy (non-hydrogen) atoms. The van der Waals surface area contributed by atoms with E-state index in [-0.39, 0.29) is 28.3 Å². The third-order valence-corrected chi connectivity index (χ3v) is 4.82. The zero-order valence-electron chi connectivity index (χ0n) is 14.2. The Hall–Kier alpha value is -3.42. The summed E-state index contributed by atoms with van der Waals surface area (Å²) in [6, 6.07) is 6.27. The first-order valence-corrected chi connectivity index (χ1v) is 8.05. The van der Waals surface area contributed by atoms with Gasteiger partial charge in [-0.05, 0) is 17.7 Å². The number of rotatable bonds is 1. The highest BCUT2D eigenvalue weighted by molar-refractivity contribution is 6.23. The molecule has 4 rings (SSSR count). The number of pyridine rings is 1. The van der Waals surface area contributed by atoms with E-state index in [0.29, 0.717) is 17.8 Å². The van der Waals surface area contributed by atoms with Crippen LogP contribution in [0.3, 0.4) is 0 Å². The number of amides is 3. The first-order valence-electron chi connectivity index (χ1n) is 8.05. The number of anilines is 2. The second-order valence-corrected chi connectivity index (χ2v) is 7.11. The maximum atomic E-state index is 12.5. The van der Waals surface area contributed by atoms with Crippen LogP contribution in [0.4, 0.5) is 11.5 Å². The van der Waals surface area contributed by atoms with Gasteiger partial charge in [-0.25, -0.2) is 0 Å². The van der Waals surface area contributed by atoms with Crippen molar-refractivity contribution in [3.8, 4) is 5.69 Å². The second-order valence-electron chi connectivity index (χ2n) is 7.11. The van der Waals surface area contributed by atoms with E-state index in [1.165, 1.54) is 0 Å². The molecule has 8 heteroatoms. The van der Waals surface area contributed by atoms with Crippen LogP contribution in [0.25, 0.3) is 5.69 Å². The van der Waals surface area contributed by atoms with Crippen molar-refractivity contribution in [2.45, 2.75) is 25.7 Å². The lowest BCUT2D eigenvalue weighted by atomic mass is 9.78. The maximum Gasteiger partial charge on any atom is 0.262 e. The molecule has 3 amide bonds. The normalized spacial score (nSPS) is 17.4. The molecule has 0 atom stereocenters. The molecule has 0 fully saturated rings. The minimum atomic E-state index is -0.639. The Morgan fingerprint density at radius 1 is 1.04 bits per heavy atom. The van der Waals surface area contributed by atoms with Gasteiger partial charge in [-0.1, -0.05) is 19.9 Å². The lowest BCUT2D eigenvalue weighted by molar-refractivity contribution is -0.117. The van der Waals surface area contributed by atoms with Gasteiger partial charge in [0.2, 0.25) is 5.91 Å². The molecular weight excluding hydrogens is 336 g/mol. The predicted molar refractivity (Wildman–Crippen MR) is 94.5 cm³/mol. The Kier molecular flexibility index (Phi) is 3.12. The lowest BCUT2D eigenvalue weighted by Crippen LogP contribution is -2.33. The summed E-state index contributed by atoms with van der Waals surface area (Å²) in [7, 11) is 0. The molecule has 2 aromatic rings. The molecular formula is C18H16N4O4. The molecule has 0 saturated heterocycles. The summed E-state index contributed by atoms with van der Waals surface area (Å²) in [6.07, 6.45) is 0.364. The largest absolute Gasteiger partial charge is 0.384 e. The van der Waals surface area contributed by atoms with Gasteiger partial charge in [-0.2, -0.15) is 0 Å². The Bertz CT molecular complexity index is 1080. The number of benzene rings is 1. The SMILES string of the molecule is CC1(C)CC(=O)Nc2cc(-n3c(N)c4c(cc3=O)C(=O)NC4=O)ccc21. The third kappa shape index (κ3) is 2.15. The molecule has 2 aliphatic heterocycles. The molecule has 4 N–H and O–H groups in total. The quantitative estimate of drug-likeness (QED) is 0.659. The highest BCUT2D eigenvalue weighted by Gasteiger charge is 2.34. The number of hydrogen-bond donors (Lipinski definition) is 3. The monoisotopic (exact) mass is 352 g/mol. The minimum absolute atomic E-state index is 0.0170. The second kappa shape index (κ2) is 5.04. The number of nitrogens with two attached hydrogens (primary N) is 1. The summed E-state index contributed by atoms with van der Waals surface area (Å²) < 4.78 is 1.16. The van der Waals surface area contributed by atoms with Crippen molar-refractivity contribution in [1.82, 2.24) is 9.88 Å². The molecule has 8 nitrogen and oxygen atoms in total. The summed E-state index contributed by atoms with van der Waals surface area (Å²) in [4.78, 5) is 48.2. The summed E-state index contributed by atoms with van der Waals surface area (Å²) in [6.45, 7) is 3.94. The lowest BCUT2D eigenvalue weighted by Gasteiger charge is -2.32. The van der Waals surface area contributed by atoms with Gasteiger partial charge in [0.15, 0.2) is 0 Å². The van der Waals surface area contributed by atoms with E-state index < -0.39 is 17.4 Å². The van der Waals surface area contributed by atoms with E-state index >= 15 is 0 Å². The molecule has 1 aromatic carbocycles. The van der Waals surface area contributed by atoms with Gasteiger partial charge in [-0.3, -0.25) is 29.1 Å². The summed E-state index contributed by atoms with van der Waals surface area (Å²) in [5.41, 5.74) is 7.07. The molecule has 2 aliphatic rings. The first kappa shape index (κ1) is 16.1. The standard InChI is InChI=1S/C18H16N4O4/c1-18(2)7-12(23)20-11-5-8(3-4-10(11)18)22-13(24)6-9-14(15(22)19)17(26)21-16(9)25/h3-6H,7,19H2,1-2H3,(H,20,23)(H,21,25,26). The van der Waals surface area contributed by atoms with Gasteiger partial charge in [0.05, 0.1) is 16.8 Å². The van der Waals surface area contributed by atoms with Gasteiger partial charge in [-0.15, -0.1) is 0 Å². The van der Waals surface area contributed by atoms with Gasteiger partial charge in [0.25, 0.3) is 17.4 Å². The van der Waals surface area contributed by atoms with E-state index in [1.807, 2.05) is 19.9 Å². The highest BCUT2D eigenvalue weighted by atomic mass is 16.2. The van der Waals surface area contributed by atoms with E-state index in [1.54, 1.807) is 12.1 Å². The fourth-order valence-corrected chi connectivity index (χ4v) is 3.60. The zero-order chi connectivity index (χ0) is 18.8.